The Hall–Kier alpha value is -2.02. The smallest absolute Gasteiger partial charge is 0.238 e. The molecule has 4 nitrogen and oxygen atoms in total. The lowest BCUT2D eigenvalue weighted by Gasteiger charge is -1.89. The Labute approximate surface area is 87.7 Å². The van der Waals surface area contributed by atoms with Crippen LogP contribution in [0.2, 0.25) is 0 Å². The van der Waals surface area contributed by atoms with Gasteiger partial charge in [0.25, 0.3) is 0 Å². The van der Waals surface area contributed by atoms with Gasteiger partial charge in [0.15, 0.2) is 0 Å². The van der Waals surface area contributed by atoms with E-state index in [0.717, 1.165) is 24.8 Å². The van der Waals surface area contributed by atoms with E-state index in [4.69, 9.17) is 4.42 Å². The van der Waals surface area contributed by atoms with Crippen molar-refractivity contribution in [2.75, 3.05) is 0 Å². The lowest BCUT2D eigenvalue weighted by molar-refractivity contribution is -0.401. The van der Waals surface area contributed by atoms with Crippen LogP contribution in [0.1, 0.15) is 24.9 Å². The van der Waals surface area contributed by atoms with Crippen LogP contribution in [0.3, 0.4) is 0 Å². The molecule has 4 heteroatoms. The number of furan rings is 1. The van der Waals surface area contributed by atoms with Crippen LogP contribution in [0.25, 0.3) is 6.08 Å². The maximum atomic E-state index is 10.0. The van der Waals surface area contributed by atoms with Crippen LogP contribution in [-0.2, 0) is 6.42 Å². The van der Waals surface area contributed by atoms with Gasteiger partial charge in [-0.15, -0.1) is 11.8 Å². The molecule has 0 atom stereocenters. The fraction of sp³-hybridized carbons (Fsp3) is 0.273. The van der Waals surface area contributed by atoms with Crippen molar-refractivity contribution in [1.82, 2.24) is 0 Å². The predicted octanol–water partition coefficient (Wildman–Crippen LogP) is 2.48. The first-order valence-corrected chi connectivity index (χ1v) is 4.52. The monoisotopic (exact) mass is 205 g/mol. The van der Waals surface area contributed by atoms with Crippen molar-refractivity contribution >= 4 is 6.08 Å². The maximum absolute atomic E-state index is 10.0. The summed E-state index contributed by atoms with van der Waals surface area (Å²) in [6.07, 6.45) is 3.65. The van der Waals surface area contributed by atoms with Gasteiger partial charge in [-0.25, -0.2) is 0 Å². The van der Waals surface area contributed by atoms with Crippen LogP contribution in [-0.4, -0.2) is 4.92 Å². The second kappa shape index (κ2) is 5.66. The highest BCUT2D eigenvalue weighted by Gasteiger charge is 1.99. The van der Waals surface area contributed by atoms with E-state index in [2.05, 4.69) is 11.8 Å². The van der Waals surface area contributed by atoms with Crippen LogP contribution in [0.15, 0.2) is 22.7 Å². The molecule has 0 amide bonds. The average Bonchev–Trinajstić information content (AvgIpc) is 2.63. The highest BCUT2D eigenvalue weighted by molar-refractivity contribution is 5.41. The summed E-state index contributed by atoms with van der Waals surface area (Å²) in [6, 6.07) is 3.51. The summed E-state index contributed by atoms with van der Waals surface area (Å²) in [5, 5.41) is 10.0. The summed E-state index contributed by atoms with van der Waals surface area (Å²) in [6.45, 7) is 1.79. The summed E-state index contributed by atoms with van der Waals surface area (Å²) >= 11 is 0. The summed E-state index contributed by atoms with van der Waals surface area (Å²) < 4.78 is 5.32. The third-order valence-corrected chi connectivity index (χ3v) is 1.72. The zero-order valence-electron chi connectivity index (χ0n) is 8.40. The Morgan fingerprint density at radius 2 is 2.40 bits per heavy atom. The first kappa shape index (κ1) is 11.1. The minimum atomic E-state index is -0.523. The molecule has 0 fully saturated rings. The van der Waals surface area contributed by atoms with Gasteiger partial charge in [0, 0.05) is 12.8 Å². The van der Waals surface area contributed by atoms with E-state index in [1.54, 1.807) is 19.1 Å². The quantitative estimate of drug-likeness (QED) is 0.431. The van der Waals surface area contributed by atoms with Crippen LogP contribution in [0.5, 0.6) is 0 Å². The van der Waals surface area contributed by atoms with E-state index in [1.165, 1.54) is 6.08 Å². The highest BCUT2D eigenvalue weighted by atomic mass is 16.6. The van der Waals surface area contributed by atoms with Gasteiger partial charge < -0.3 is 4.42 Å². The molecule has 78 valence electrons. The molecule has 0 N–H and O–H groups in total. The lowest BCUT2D eigenvalue weighted by Crippen LogP contribution is -1.81. The average molecular weight is 205 g/mol. The number of nitrogens with zero attached hydrogens (tertiary/aromatic N) is 1. The summed E-state index contributed by atoms with van der Waals surface area (Å²) in [5.74, 6) is 6.99. The lowest BCUT2D eigenvalue weighted by atomic mass is 10.2. The molecular weight excluding hydrogens is 194 g/mol. The molecule has 1 rings (SSSR count). The van der Waals surface area contributed by atoms with Gasteiger partial charge >= 0.3 is 0 Å². The Morgan fingerprint density at radius 1 is 1.60 bits per heavy atom. The first-order chi connectivity index (χ1) is 7.22. The Bertz CT molecular complexity index is 421. The van der Waals surface area contributed by atoms with Gasteiger partial charge in [-0.3, -0.25) is 10.1 Å². The number of hydrogen-bond donors (Lipinski definition) is 0. The van der Waals surface area contributed by atoms with Crippen molar-refractivity contribution < 1.29 is 9.34 Å². The first-order valence-electron chi connectivity index (χ1n) is 4.52. The molecule has 1 aromatic rings. The molecule has 0 unspecified atom stereocenters. The van der Waals surface area contributed by atoms with Crippen LogP contribution in [0, 0.1) is 22.0 Å². The maximum Gasteiger partial charge on any atom is 0.238 e. The van der Waals surface area contributed by atoms with Gasteiger partial charge in [0.2, 0.25) is 6.20 Å². The van der Waals surface area contributed by atoms with Gasteiger partial charge in [0.05, 0.1) is 11.0 Å². The largest absolute Gasteiger partial charge is 0.461 e. The van der Waals surface area contributed by atoms with E-state index in [0.29, 0.717) is 5.76 Å². The summed E-state index contributed by atoms with van der Waals surface area (Å²) in [7, 11) is 0. The fourth-order valence-electron chi connectivity index (χ4n) is 1.06. The molecule has 0 saturated carbocycles. The van der Waals surface area contributed by atoms with Crippen LogP contribution in [0.4, 0.5) is 0 Å². The molecular formula is C11H11NO3. The minimum Gasteiger partial charge on any atom is -0.461 e. The number of nitro groups is 1. The zero-order valence-corrected chi connectivity index (χ0v) is 8.40. The Kier molecular flexibility index (Phi) is 4.17. The summed E-state index contributed by atoms with van der Waals surface area (Å²) in [4.78, 5) is 9.53. The zero-order chi connectivity index (χ0) is 11.1. The van der Waals surface area contributed by atoms with Crippen LogP contribution >= 0.6 is 0 Å². The molecule has 0 aliphatic rings. The van der Waals surface area contributed by atoms with Crippen molar-refractivity contribution in [3.8, 4) is 11.8 Å². The molecule has 0 aliphatic carbocycles. The third-order valence-electron chi connectivity index (χ3n) is 1.72. The van der Waals surface area contributed by atoms with Gasteiger partial charge in [-0.05, 0) is 19.1 Å². The van der Waals surface area contributed by atoms with Crippen molar-refractivity contribution in [1.29, 1.82) is 0 Å². The van der Waals surface area contributed by atoms with Crippen molar-refractivity contribution in [3.05, 3.63) is 40.0 Å². The molecule has 0 bridgehead atoms. The second-order valence-electron chi connectivity index (χ2n) is 2.83. The molecule has 0 saturated heterocycles. The van der Waals surface area contributed by atoms with Gasteiger partial charge in [0.1, 0.15) is 11.5 Å². The van der Waals surface area contributed by atoms with Gasteiger partial charge in [-0.2, -0.15) is 0 Å². The second-order valence-corrected chi connectivity index (χ2v) is 2.83. The number of hydrogen-bond acceptors (Lipinski definition) is 3. The standard InChI is InChI=1S/C11H11NO3/c1-2-3-4-5-10-6-7-11(15-10)8-9-12(13)14/h6-9H,4-5H2,1H3/b9-8+. The Balaban J connectivity index is 2.55. The molecule has 0 radical (unpaired) electrons. The van der Waals surface area contributed by atoms with Crippen molar-refractivity contribution in [3.63, 3.8) is 0 Å². The predicted molar refractivity (Wildman–Crippen MR) is 56.5 cm³/mol. The minimum absolute atomic E-state index is 0.492. The highest BCUT2D eigenvalue weighted by Crippen LogP contribution is 2.11. The Morgan fingerprint density at radius 3 is 3.07 bits per heavy atom. The van der Waals surface area contributed by atoms with Crippen LogP contribution < -0.4 is 0 Å². The SMILES string of the molecule is CC#CCCc1ccc(/C=C/[N+](=O)[O-])o1. The summed E-state index contributed by atoms with van der Waals surface area (Å²) in [5.41, 5.74) is 0. The van der Waals surface area contributed by atoms with E-state index in [1.807, 2.05) is 0 Å². The molecule has 1 aromatic heterocycles. The van der Waals surface area contributed by atoms with E-state index >= 15 is 0 Å². The van der Waals surface area contributed by atoms with E-state index in [-0.39, 0.29) is 0 Å². The number of rotatable bonds is 4. The molecule has 0 aliphatic heterocycles. The molecule has 1 heterocycles. The topological polar surface area (TPSA) is 56.3 Å². The molecule has 0 spiro atoms. The molecule has 15 heavy (non-hydrogen) atoms. The van der Waals surface area contributed by atoms with E-state index in [9.17, 15) is 10.1 Å². The van der Waals surface area contributed by atoms with Gasteiger partial charge in [-0.1, -0.05) is 0 Å². The van der Waals surface area contributed by atoms with Crippen molar-refractivity contribution in [2.24, 2.45) is 0 Å². The van der Waals surface area contributed by atoms with E-state index < -0.39 is 4.92 Å². The third kappa shape index (κ3) is 4.14. The number of aryl methyl sites for hydroxylation is 1. The normalized spacial score (nSPS) is 9.93. The fourth-order valence-corrected chi connectivity index (χ4v) is 1.06. The van der Waals surface area contributed by atoms with Crippen molar-refractivity contribution in [2.45, 2.75) is 19.8 Å². The molecule has 0 aromatic carbocycles.